The zero-order chi connectivity index (χ0) is 16.7. The van der Waals surface area contributed by atoms with Crippen molar-refractivity contribution in [1.29, 1.82) is 0 Å². The Hall–Kier alpha value is -1.46. The Bertz CT molecular complexity index is 791. The van der Waals surface area contributed by atoms with Gasteiger partial charge >= 0.3 is 0 Å². The van der Waals surface area contributed by atoms with Gasteiger partial charge in [0.25, 0.3) is 0 Å². The van der Waals surface area contributed by atoms with E-state index >= 15 is 0 Å². The van der Waals surface area contributed by atoms with Gasteiger partial charge in [-0.3, -0.25) is 4.79 Å². The van der Waals surface area contributed by atoms with Crippen LogP contribution in [0, 0.1) is 20.8 Å². The van der Waals surface area contributed by atoms with E-state index in [2.05, 4.69) is 0 Å². The number of thioether (sulfide) groups is 1. The molecule has 0 saturated heterocycles. The normalized spacial score (nSPS) is 19.4. The lowest BCUT2D eigenvalue weighted by atomic mass is 9.93. The van der Waals surface area contributed by atoms with Crippen molar-refractivity contribution in [2.24, 2.45) is 10.7 Å². The lowest BCUT2D eigenvalue weighted by Gasteiger charge is -2.15. The number of hydrogen-bond donors (Lipinski definition) is 1. The van der Waals surface area contributed by atoms with E-state index in [0.717, 1.165) is 64.2 Å². The fourth-order valence-electron chi connectivity index (χ4n) is 3.27. The topological polar surface area (TPSA) is 55.4 Å². The lowest BCUT2D eigenvalue weighted by molar-refractivity contribution is -0.107. The third-order valence-electron chi connectivity index (χ3n) is 4.70. The van der Waals surface area contributed by atoms with Crippen molar-refractivity contribution in [1.82, 2.24) is 0 Å². The minimum absolute atomic E-state index is 0.185. The van der Waals surface area contributed by atoms with Crippen LogP contribution in [-0.4, -0.2) is 15.1 Å². The van der Waals surface area contributed by atoms with Gasteiger partial charge in [0, 0.05) is 11.1 Å². The number of nitrogens with zero attached hydrogens (tertiary/aromatic N) is 1. The van der Waals surface area contributed by atoms with Gasteiger partial charge in [0.1, 0.15) is 10.0 Å². The Labute approximate surface area is 146 Å². The minimum atomic E-state index is 0.185. The Kier molecular flexibility index (Phi) is 4.43. The molecule has 120 valence electrons. The van der Waals surface area contributed by atoms with Crippen LogP contribution in [0.4, 0.5) is 5.69 Å². The maximum absolute atomic E-state index is 12.2. The monoisotopic (exact) mass is 344 g/mol. The van der Waals surface area contributed by atoms with Gasteiger partial charge in [-0.15, -0.1) is 0 Å². The summed E-state index contributed by atoms with van der Waals surface area (Å²) in [4.78, 5) is 17.5. The van der Waals surface area contributed by atoms with Crippen LogP contribution < -0.4 is 5.73 Å². The van der Waals surface area contributed by atoms with E-state index in [9.17, 15) is 4.79 Å². The quantitative estimate of drug-likeness (QED) is 0.807. The molecule has 1 aromatic rings. The molecule has 0 saturated carbocycles. The standard InChI is InChI=1S/C18H20N2OS2/c1-9-8-14(16(19)22)10(2)11(3)15(9)20-17-12-6-4-5-7-13(12)18(21)23-17/h8H,4-7H2,1-3H3,(H2,19,22). The highest BCUT2D eigenvalue weighted by molar-refractivity contribution is 8.27. The van der Waals surface area contributed by atoms with E-state index in [1.807, 2.05) is 26.8 Å². The van der Waals surface area contributed by atoms with Crippen LogP contribution in [0.3, 0.4) is 0 Å². The number of carbonyl (C=O) groups is 1. The van der Waals surface area contributed by atoms with Crippen molar-refractivity contribution < 1.29 is 4.79 Å². The summed E-state index contributed by atoms with van der Waals surface area (Å²) >= 11 is 6.42. The number of hydrogen-bond acceptors (Lipinski definition) is 4. The molecular formula is C18H20N2OS2. The predicted octanol–water partition coefficient (Wildman–Crippen LogP) is 4.42. The summed E-state index contributed by atoms with van der Waals surface area (Å²) < 4.78 is 0. The van der Waals surface area contributed by atoms with E-state index in [1.54, 1.807) is 0 Å². The summed E-state index contributed by atoms with van der Waals surface area (Å²) in [6, 6.07) is 2.00. The number of nitrogens with two attached hydrogens (primary N) is 1. The molecule has 0 unspecified atom stereocenters. The summed E-state index contributed by atoms with van der Waals surface area (Å²) in [5.74, 6) is 0. The molecular weight excluding hydrogens is 324 g/mol. The summed E-state index contributed by atoms with van der Waals surface area (Å²) in [5, 5.41) is 1.07. The molecule has 0 radical (unpaired) electrons. The van der Waals surface area contributed by atoms with Gasteiger partial charge in [0.05, 0.1) is 5.69 Å². The van der Waals surface area contributed by atoms with Gasteiger partial charge in [-0.2, -0.15) is 0 Å². The predicted molar refractivity (Wildman–Crippen MR) is 102 cm³/mol. The van der Waals surface area contributed by atoms with E-state index < -0.39 is 0 Å². The zero-order valence-corrected chi connectivity index (χ0v) is 15.3. The van der Waals surface area contributed by atoms with Crippen molar-refractivity contribution in [3.8, 4) is 0 Å². The highest BCUT2D eigenvalue weighted by Crippen LogP contribution is 2.41. The van der Waals surface area contributed by atoms with Crippen LogP contribution in [0.2, 0.25) is 0 Å². The molecule has 3 rings (SSSR count). The number of benzene rings is 1. The molecule has 0 bridgehead atoms. The van der Waals surface area contributed by atoms with Crippen LogP contribution in [-0.2, 0) is 4.79 Å². The van der Waals surface area contributed by atoms with Gasteiger partial charge in [-0.1, -0.05) is 12.2 Å². The Balaban J connectivity index is 2.10. The van der Waals surface area contributed by atoms with Crippen LogP contribution >= 0.6 is 24.0 Å². The molecule has 0 atom stereocenters. The molecule has 1 aliphatic carbocycles. The first-order valence-electron chi connectivity index (χ1n) is 7.84. The van der Waals surface area contributed by atoms with Crippen molar-refractivity contribution in [2.75, 3.05) is 0 Å². The summed E-state index contributed by atoms with van der Waals surface area (Å²) in [7, 11) is 0. The molecule has 0 spiro atoms. The van der Waals surface area contributed by atoms with Crippen molar-refractivity contribution >= 4 is 44.8 Å². The highest BCUT2D eigenvalue weighted by atomic mass is 32.2. The number of aliphatic imine (C=N–C) groups is 1. The molecule has 23 heavy (non-hydrogen) atoms. The molecule has 5 heteroatoms. The fourth-order valence-corrected chi connectivity index (χ4v) is 4.49. The first-order valence-corrected chi connectivity index (χ1v) is 9.06. The molecule has 2 N–H and O–H groups in total. The number of thiocarbonyl (C=S) groups is 1. The zero-order valence-electron chi connectivity index (χ0n) is 13.7. The van der Waals surface area contributed by atoms with Gasteiger partial charge in [0.15, 0.2) is 0 Å². The molecule has 1 heterocycles. The minimum Gasteiger partial charge on any atom is -0.389 e. The van der Waals surface area contributed by atoms with Gasteiger partial charge in [-0.05, 0) is 86.5 Å². The lowest BCUT2D eigenvalue weighted by Crippen LogP contribution is -2.12. The number of carbonyl (C=O) groups excluding carboxylic acids is 1. The second-order valence-electron chi connectivity index (χ2n) is 6.17. The number of aryl methyl sites for hydroxylation is 1. The van der Waals surface area contributed by atoms with Crippen molar-refractivity contribution in [3.63, 3.8) is 0 Å². The Morgan fingerprint density at radius 1 is 1.17 bits per heavy atom. The van der Waals surface area contributed by atoms with Gasteiger partial charge in [0.2, 0.25) is 5.12 Å². The van der Waals surface area contributed by atoms with Gasteiger partial charge in [-0.25, -0.2) is 4.99 Å². The van der Waals surface area contributed by atoms with E-state index in [4.69, 9.17) is 22.9 Å². The van der Waals surface area contributed by atoms with Crippen LogP contribution in [0.5, 0.6) is 0 Å². The third kappa shape index (κ3) is 2.88. The third-order valence-corrected chi connectivity index (χ3v) is 5.88. The second-order valence-corrected chi connectivity index (χ2v) is 7.58. The molecule has 0 fully saturated rings. The molecule has 0 amide bonds. The molecule has 3 nitrogen and oxygen atoms in total. The van der Waals surface area contributed by atoms with Crippen LogP contribution in [0.1, 0.15) is 47.9 Å². The van der Waals surface area contributed by atoms with Crippen LogP contribution in [0.25, 0.3) is 0 Å². The fraction of sp³-hybridized carbons (Fsp3) is 0.389. The van der Waals surface area contributed by atoms with E-state index in [1.165, 1.54) is 17.3 Å². The van der Waals surface area contributed by atoms with E-state index in [0.29, 0.717) is 4.99 Å². The smallest absolute Gasteiger partial charge is 0.221 e. The average Bonchev–Trinajstić information content (AvgIpc) is 2.84. The van der Waals surface area contributed by atoms with Gasteiger partial charge < -0.3 is 5.73 Å². The maximum atomic E-state index is 12.2. The second kappa shape index (κ2) is 6.21. The Morgan fingerprint density at radius 3 is 2.48 bits per heavy atom. The maximum Gasteiger partial charge on any atom is 0.221 e. The van der Waals surface area contributed by atoms with Crippen molar-refractivity contribution in [3.05, 3.63) is 39.5 Å². The largest absolute Gasteiger partial charge is 0.389 e. The van der Waals surface area contributed by atoms with E-state index in [-0.39, 0.29) is 5.12 Å². The SMILES string of the molecule is Cc1cc(C(N)=S)c(C)c(C)c1N=C1SC(=O)C2=C1CCCC2. The summed E-state index contributed by atoms with van der Waals surface area (Å²) in [6.07, 6.45) is 4.12. The van der Waals surface area contributed by atoms with Crippen LogP contribution in [0.15, 0.2) is 22.2 Å². The van der Waals surface area contributed by atoms with Crippen molar-refractivity contribution in [2.45, 2.75) is 46.5 Å². The molecule has 0 aromatic heterocycles. The Morgan fingerprint density at radius 2 is 1.83 bits per heavy atom. The highest BCUT2D eigenvalue weighted by Gasteiger charge is 2.31. The summed E-state index contributed by atoms with van der Waals surface area (Å²) in [5.41, 5.74) is 13.0. The average molecular weight is 345 g/mol. The number of rotatable bonds is 2. The molecule has 2 aliphatic rings. The first kappa shape index (κ1) is 16.4. The first-order chi connectivity index (χ1) is 10.9. The summed E-state index contributed by atoms with van der Waals surface area (Å²) in [6.45, 7) is 6.08. The molecule has 1 aromatic carbocycles. The molecule has 1 aliphatic heterocycles.